The van der Waals surface area contributed by atoms with Crippen molar-refractivity contribution in [3.05, 3.63) is 16.6 Å². The Labute approximate surface area is 75.4 Å². The first kappa shape index (κ1) is 9.19. The van der Waals surface area contributed by atoms with Crippen LogP contribution in [-0.4, -0.2) is 17.1 Å². The van der Waals surface area contributed by atoms with Gasteiger partial charge in [0.2, 0.25) is 5.01 Å². The smallest absolute Gasteiger partial charge is 0.367 e. The average Bonchev–Trinajstić information content (AvgIpc) is 2.56. The number of hydrogen-bond acceptors (Lipinski definition) is 4. The molecule has 0 amide bonds. The first-order valence-electron chi connectivity index (χ1n) is 3.84. The van der Waals surface area contributed by atoms with Crippen molar-refractivity contribution in [1.29, 1.82) is 0 Å². The molecule has 1 aromatic rings. The molecule has 0 saturated heterocycles. The van der Waals surface area contributed by atoms with Crippen molar-refractivity contribution in [3.8, 4) is 0 Å². The number of carbonyl (C=O) groups excluding carboxylic acids is 1. The largest absolute Gasteiger partial charge is 0.457 e. The second-order valence-corrected chi connectivity index (χ2v) is 3.36. The van der Waals surface area contributed by atoms with Gasteiger partial charge in [-0.1, -0.05) is 6.92 Å². The van der Waals surface area contributed by atoms with Crippen molar-refractivity contribution >= 4 is 17.3 Å². The molecule has 1 aromatic heterocycles. The van der Waals surface area contributed by atoms with E-state index < -0.39 is 0 Å². The number of ether oxygens (including phenoxy) is 1. The van der Waals surface area contributed by atoms with Crippen molar-refractivity contribution < 1.29 is 9.53 Å². The standard InChI is InChI=1S/C8H11NO2S/c1-3-6(2)11-8(10)7-9-4-5-12-7/h4-6H,3H2,1-2H3. The minimum atomic E-state index is -0.320. The molecule has 0 aliphatic heterocycles. The minimum Gasteiger partial charge on any atom is -0.457 e. The summed E-state index contributed by atoms with van der Waals surface area (Å²) >= 11 is 1.30. The van der Waals surface area contributed by atoms with Crippen LogP contribution in [-0.2, 0) is 4.74 Å². The monoisotopic (exact) mass is 185 g/mol. The van der Waals surface area contributed by atoms with E-state index in [1.807, 2.05) is 13.8 Å². The van der Waals surface area contributed by atoms with Gasteiger partial charge in [-0.2, -0.15) is 0 Å². The normalized spacial score (nSPS) is 12.5. The quantitative estimate of drug-likeness (QED) is 0.677. The van der Waals surface area contributed by atoms with E-state index in [4.69, 9.17) is 4.74 Å². The van der Waals surface area contributed by atoms with Gasteiger partial charge in [-0.05, 0) is 13.3 Å². The average molecular weight is 185 g/mol. The summed E-state index contributed by atoms with van der Waals surface area (Å²) in [5.41, 5.74) is 0. The molecule has 0 aliphatic rings. The predicted molar refractivity (Wildman–Crippen MR) is 47.3 cm³/mol. The molecule has 0 radical (unpaired) electrons. The second-order valence-electron chi connectivity index (χ2n) is 2.46. The van der Waals surface area contributed by atoms with Crippen LogP contribution in [0.4, 0.5) is 0 Å². The highest BCUT2D eigenvalue weighted by Gasteiger charge is 2.12. The number of thiazole rings is 1. The molecule has 1 heterocycles. The fourth-order valence-corrected chi connectivity index (χ4v) is 1.16. The van der Waals surface area contributed by atoms with Gasteiger partial charge in [-0.3, -0.25) is 0 Å². The van der Waals surface area contributed by atoms with Crippen LogP contribution in [0.1, 0.15) is 30.1 Å². The van der Waals surface area contributed by atoms with E-state index in [9.17, 15) is 4.79 Å². The van der Waals surface area contributed by atoms with Crippen molar-refractivity contribution in [3.63, 3.8) is 0 Å². The lowest BCUT2D eigenvalue weighted by Crippen LogP contribution is -2.13. The molecule has 1 unspecified atom stereocenters. The van der Waals surface area contributed by atoms with Crippen LogP contribution in [0.3, 0.4) is 0 Å². The molecule has 12 heavy (non-hydrogen) atoms. The Hall–Kier alpha value is -0.900. The molecule has 0 bridgehead atoms. The van der Waals surface area contributed by atoms with Gasteiger partial charge in [0.05, 0.1) is 6.10 Å². The van der Waals surface area contributed by atoms with Crippen molar-refractivity contribution in [2.24, 2.45) is 0 Å². The van der Waals surface area contributed by atoms with Crippen LogP contribution in [0, 0.1) is 0 Å². The number of aromatic nitrogens is 1. The third-order valence-electron chi connectivity index (χ3n) is 1.49. The molecule has 4 heteroatoms. The zero-order valence-electron chi connectivity index (χ0n) is 7.11. The molecule has 0 spiro atoms. The van der Waals surface area contributed by atoms with Gasteiger partial charge in [0.1, 0.15) is 0 Å². The van der Waals surface area contributed by atoms with E-state index in [1.165, 1.54) is 11.3 Å². The molecule has 0 saturated carbocycles. The molecular formula is C8H11NO2S. The highest BCUT2D eigenvalue weighted by atomic mass is 32.1. The topological polar surface area (TPSA) is 39.2 Å². The third kappa shape index (κ3) is 2.30. The van der Waals surface area contributed by atoms with Gasteiger partial charge >= 0.3 is 5.97 Å². The molecular weight excluding hydrogens is 174 g/mol. The minimum absolute atomic E-state index is 0.0265. The predicted octanol–water partition coefficient (Wildman–Crippen LogP) is 2.10. The molecule has 0 N–H and O–H groups in total. The second kappa shape index (κ2) is 4.21. The summed E-state index contributed by atoms with van der Waals surface area (Å²) in [7, 11) is 0. The van der Waals surface area contributed by atoms with E-state index in [-0.39, 0.29) is 12.1 Å². The molecule has 0 fully saturated rings. The summed E-state index contributed by atoms with van der Waals surface area (Å²) in [6.07, 6.45) is 2.40. The summed E-state index contributed by atoms with van der Waals surface area (Å²) in [5, 5.41) is 2.18. The highest BCUT2D eigenvalue weighted by molar-refractivity contribution is 7.11. The molecule has 1 atom stereocenters. The zero-order chi connectivity index (χ0) is 8.97. The molecule has 0 aliphatic carbocycles. The van der Waals surface area contributed by atoms with Crippen molar-refractivity contribution in [2.75, 3.05) is 0 Å². The Morgan fingerprint density at radius 2 is 2.58 bits per heavy atom. The number of carbonyl (C=O) groups is 1. The molecule has 1 rings (SSSR count). The number of esters is 1. The van der Waals surface area contributed by atoms with Gasteiger partial charge in [0.25, 0.3) is 0 Å². The Bertz CT molecular complexity index is 246. The highest BCUT2D eigenvalue weighted by Crippen LogP contribution is 2.08. The Kier molecular flexibility index (Phi) is 3.22. The van der Waals surface area contributed by atoms with Crippen LogP contribution < -0.4 is 0 Å². The molecule has 3 nitrogen and oxygen atoms in total. The Morgan fingerprint density at radius 1 is 1.83 bits per heavy atom. The molecule has 66 valence electrons. The fraction of sp³-hybridized carbons (Fsp3) is 0.500. The van der Waals surface area contributed by atoms with Gasteiger partial charge in [-0.25, -0.2) is 9.78 Å². The lowest BCUT2D eigenvalue weighted by atomic mass is 10.3. The van der Waals surface area contributed by atoms with Gasteiger partial charge in [0.15, 0.2) is 0 Å². The van der Waals surface area contributed by atoms with E-state index in [0.717, 1.165) is 6.42 Å². The maximum Gasteiger partial charge on any atom is 0.367 e. The van der Waals surface area contributed by atoms with E-state index >= 15 is 0 Å². The first-order chi connectivity index (χ1) is 5.74. The number of nitrogens with zero attached hydrogens (tertiary/aromatic N) is 1. The summed E-state index contributed by atoms with van der Waals surface area (Å²) < 4.78 is 5.05. The van der Waals surface area contributed by atoms with Gasteiger partial charge in [-0.15, -0.1) is 11.3 Å². The van der Waals surface area contributed by atoms with Crippen molar-refractivity contribution in [2.45, 2.75) is 26.4 Å². The zero-order valence-corrected chi connectivity index (χ0v) is 7.93. The fourth-order valence-electron chi connectivity index (χ4n) is 0.641. The van der Waals surface area contributed by atoms with Gasteiger partial charge in [0, 0.05) is 11.6 Å². The summed E-state index contributed by atoms with van der Waals surface area (Å²) in [5.74, 6) is -0.320. The van der Waals surface area contributed by atoms with Crippen molar-refractivity contribution in [1.82, 2.24) is 4.98 Å². The van der Waals surface area contributed by atoms with Crippen LogP contribution in [0.2, 0.25) is 0 Å². The summed E-state index contributed by atoms with van der Waals surface area (Å²) in [6.45, 7) is 3.84. The SMILES string of the molecule is CCC(C)OC(=O)c1nccs1. The summed E-state index contributed by atoms with van der Waals surface area (Å²) in [6, 6.07) is 0. The van der Waals surface area contributed by atoms with E-state index in [1.54, 1.807) is 11.6 Å². The van der Waals surface area contributed by atoms with Gasteiger partial charge < -0.3 is 4.74 Å². The van der Waals surface area contributed by atoms with Crippen LogP contribution in [0.15, 0.2) is 11.6 Å². The van der Waals surface area contributed by atoms with Crippen LogP contribution in [0.25, 0.3) is 0 Å². The lowest BCUT2D eigenvalue weighted by Gasteiger charge is -2.08. The lowest BCUT2D eigenvalue weighted by molar-refractivity contribution is 0.0334. The van der Waals surface area contributed by atoms with Crippen LogP contribution in [0.5, 0.6) is 0 Å². The maximum absolute atomic E-state index is 11.2. The number of rotatable bonds is 3. The van der Waals surface area contributed by atoms with E-state index in [2.05, 4.69) is 4.98 Å². The third-order valence-corrected chi connectivity index (χ3v) is 2.24. The molecule has 0 aromatic carbocycles. The van der Waals surface area contributed by atoms with Crippen LogP contribution >= 0.6 is 11.3 Å². The number of hydrogen-bond donors (Lipinski definition) is 0. The maximum atomic E-state index is 11.2. The Balaban J connectivity index is 2.50. The summed E-state index contributed by atoms with van der Waals surface area (Å²) in [4.78, 5) is 15.0. The first-order valence-corrected chi connectivity index (χ1v) is 4.72. The van der Waals surface area contributed by atoms with E-state index in [0.29, 0.717) is 5.01 Å². The Morgan fingerprint density at radius 3 is 3.08 bits per heavy atom.